The van der Waals surface area contributed by atoms with Crippen LogP contribution in [-0.2, 0) is 26.1 Å². The molecule has 1 heterocycles. The number of hydrogen-bond acceptors (Lipinski definition) is 4. The van der Waals surface area contributed by atoms with Crippen LogP contribution >= 0.6 is 0 Å². The lowest BCUT2D eigenvalue weighted by molar-refractivity contribution is -0.121. The second-order valence-corrected chi connectivity index (χ2v) is 7.87. The predicted octanol–water partition coefficient (Wildman–Crippen LogP) is 1.83. The Balaban J connectivity index is 2.46. The molecule has 0 saturated carbocycles. The second kappa shape index (κ2) is 7.42. The van der Waals surface area contributed by atoms with Gasteiger partial charge in [0.15, 0.2) is 0 Å². The van der Waals surface area contributed by atoms with E-state index in [1.165, 1.54) is 11.4 Å². The van der Waals surface area contributed by atoms with Gasteiger partial charge in [0, 0.05) is 19.3 Å². The Labute approximate surface area is 137 Å². The average Bonchev–Trinajstić information content (AvgIpc) is 2.68. The molecule has 2 atom stereocenters. The number of sulfonamides is 1. The Hall–Kier alpha value is -1.44. The van der Waals surface area contributed by atoms with Gasteiger partial charge < -0.3 is 10.1 Å². The van der Waals surface area contributed by atoms with Crippen LogP contribution in [0.1, 0.15) is 25.8 Å². The topological polar surface area (TPSA) is 75.7 Å². The zero-order valence-electron chi connectivity index (χ0n) is 13.8. The summed E-state index contributed by atoms with van der Waals surface area (Å²) in [5, 5.41) is 2.87. The zero-order valence-corrected chi connectivity index (χ0v) is 14.6. The number of para-hydroxylation sites is 1. The molecule has 1 N–H and O–H groups in total. The van der Waals surface area contributed by atoms with Crippen LogP contribution in [0, 0.1) is 5.92 Å². The normalized spacial score (nSPS) is 20.5. The SMILES string of the molecule is CC[C@H](C)[C@H]1C(=O)Nc2ccccc2CN1S(=O)(=O)CCOC. The highest BCUT2D eigenvalue weighted by atomic mass is 32.2. The van der Waals surface area contributed by atoms with Crippen molar-refractivity contribution in [2.75, 3.05) is 24.8 Å². The molecule has 0 aromatic heterocycles. The lowest BCUT2D eigenvalue weighted by atomic mass is 9.98. The van der Waals surface area contributed by atoms with E-state index in [1.807, 2.05) is 32.0 Å². The van der Waals surface area contributed by atoms with Crippen molar-refractivity contribution in [3.05, 3.63) is 29.8 Å². The van der Waals surface area contributed by atoms with E-state index < -0.39 is 16.1 Å². The number of rotatable bonds is 6. The first kappa shape index (κ1) is 17.9. The Bertz CT molecular complexity index is 660. The third kappa shape index (κ3) is 3.91. The molecule has 0 unspecified atom stereocenters. The standard InChI is InChI=1S/C16H24N2O4S/c1-4-12(2)15-16(19)17-14-8-6-5-7-13(14)11-18(15)23(20,21)10-9-22-3/h5-8,12,15H,4,9-11H2,1-3H3,(H,17,19)/t12-,15-/m0/s1. The summed E-state index contributed by atoms with van der Waals surface area (Å²) in [6.07, 6.45) is 0.713. The number of nitrogens with one attached hydrogen (secondary N) is 1. The van der Waals surface area contributed by atoms with E-state index >= 15 is 0 Å². The largest absolute Gasteiger partial charge is 0.384 e. The van der Waals surface area contributed by atoms with Crippen molar-refractivity contribution in [1.29, 1.82) is 0 Å². The fourth-order valence-corrected chi connectivity index (χ4v) is 4.32. The number of nitrogens with zero attached hydrogens (tertiary/aromatic N) is 1. The van der Waals surface area contributed by atoms with Gasteiger partial charge in [0.2, 0.25) is 15.9 Å². The molecule has 1 aliphatic rings. The number of methoxy groups -OCH3 is 1. The molecule has 1 aromatic carbocycles. The van der Waals surface area contributed by atoms with Gasteiger partial charge in [-0.3, -0.25) is 4.79 Å². The van der Waals surface area contributed by atoms with Gasteiger partial charge in [-0.15, -0.1) is 0 Å². The number of amides is 1. The summed E-state index contributed by atoms with van der Waals surface area (Å²) in [4.78, 5) is 12.7. The molecular formula is C16H24N2O4S. The predicted molar refractivity (Wildman–Crippen MR) is 89.5 cm³/mol. The molecule has 0 radical (unpaired) electrons. The molecule has 1 amide bonds. The Morgan fingerprint density at radius 3 is 2.74 bits per heavy atom. The van der Waals surface area contributed by atoms with Gasteiger partial charge in [0.05, 0.1) is 12.4 Å². The molecule has 1 aromatic rings. The molecular weight excluding hydrogens is 316 g/mol. The maximum Gasteiger partial charge on any atom is 0.243 e. The molecule has 0 bridgehead atoms. The van der Waals surface area contributed by atoms with Gasteiger partial charge in [0.1, 0.15) is 6.04 Å². The van der Waals surface area contributed by atoms with Gasteiger partial charge in [-0.05, 0) is 17.5 Å². The first-order valence-corrected chi connectivity index (χ1v) is 9.38. The maximum atomic E-state index is 12.7. The number of hydrogen-bond donors (Lipinski definition) is 1. The molecule has 0 fully saturated rings. The molecule has 23 heavy (non-hydrogen) atoms. The molecule has 2 rings (SSSR count). The van der Waals surface area contributed by atoms with Gasteiger partial charge in [-0.1, -0.05) is 38.5 Å². The van der Waals surface area contributed by atoms with E-state index in [1.54, 1.807) is 6.07 Å². The van der Waals surface area contributed by atoms with Crippen LogP contribution in [0.2, 0.25) is 0 Å². The number of anilines is 1. The quantitative estimate of drug-likeness (QED) is 0.857. The Kier molecular flexibility index (Phi) is 5.78. The minimum Gasteiger partial charge on any atom is -0.384 e. The minimum atomic E-state index is -3.60. The Morgan fingerprint density at radius 1 is 1.39 bits per heavy atom. The van der Waals surface area contributed by atoms with Crippen LogP contribution in [-0.4, -0.2) is 44.1 Å². The first-order valence-electron chi connectivity index (χ1n) is 7.78. The summed E-state index contributed by atoms with van der Waals surface area (Å²) in [5.74, 6) is -0.488. The van der Waals surface area contributed by atoms with Gasteiger partial charge >= 0.3 is 0 Å². The van der Waals surface area contributed by atoms with E-state index in [0.29, 0.717) is 12.1 Å². The first-order chi connectivity index (χ1) is 10.9. The van der Waals surface area contributed by atoms with E-state index in [0.717, 1.165) is 5.56 Å². The van der Waals surface area contributed by atoms with Crippen molar-refractivity contribution >= 4 is 21.6 Å². The van der Waals surface area contributed by atoms with Gasteiger partial charge in [0.25, 0.3) is 0 Å². The monoisotopic (exact) mass is 340 g/mol. The van der Waals surface area contributed by atoms with Crippen molar-refractivity contribution in [2.45, 2.75) is 32.9 Å². The summed E-state index contributed by atoms with van der Waals surface area (Å²) in [6, 6.07) is 6.59. The number of benzene rings is 1. The summed E-state index contributed by atoms with van der Waals surface area (Å²) in [5.41, 5.74) is 1.47. The van der Waals surface area contributed by atoms with E-state index in [2.05, 4.69) is 5.32 Å². The van der Waals surface area contributed by atoms with Crippen molar-refractivity contribution in [1.82, 2.24) is 4.31 Å². The zero-order chi connectivity index (χ0) is 17.0. The highest BCUT2D eigenvalue weighted by Crippen LogP contribution is 2.29. The second-order valence-electron chi connectivity index (χ2n) is 5.83. The van der Waals surface area contributed by atoms with Crippen molar-refractivity contribution < 1.29 is 17.9 Å². The summed E-state index contributed by atoms with van der Waals surface area (Å²) in [7, 11) is -2.14. The number of carbonyl (C=O) groups is 1. The highest BCUT2D eigenvalue weighted by molar-refractivity contribution is 7.89. The number of fused-ring (bicyclic) bond motifs is 1. The summed E-state index contributed by atoms with van der Waals surface area (Å²) in [6.45, 7) is 4.15. The van der Waals surface area contributed by atoms with Gasteiger partial charge in [-0.25, -0.2) is 8.42 Å². The van der Waals surface area contributed by atoms with Crippen LogP contribution in [0.5, 0.6) is 0 Å². The minimum absolute atomic E-state index is 0.0818. The lowest BCUT2D eigenvalue weighted by Crippen LogP contribution is -2.49. The fourth-order valence-electron chi connectivity index (χ4n) is 2.73. The molecule has 6 nitrogen and oxygen atoms in total. The third-order valence-corrected chi connectivity index (χ3v) is 6.02. The molecule has 0 saturated heterocycles. The number of carbonyl (C=O) groups excluding carboxylic acids is 1. The van der Waals surface area contributed by atoms with Crippen LogP contribution in [0.4, 0.5) is 5.69 Å². The molecule has 0 spiro atoms. The van der Waals surface area contributed by atoms with Crippen molar-refractivity contribution in [3.8, 4) is 0 Å². The molecule has 7 heteroatoms. The van der Waals surface area contributed by atoms with Crippen molar-refractivity contribution in [2.24, 2.45) is 5.92 Å². The van der Waals surface area contributed by atoms with Crippen LogP contribution < -0.4 is 5.32 Å². The summed E-state index contributed by atoms with van der Waals surface area (Å²) < 4.78 is 31.7. The third-order valence-electron chi connectivity index (χ3n) is 4.27. The van der Waals surface area contributed by atoms with E-state index in [-0.39, 0.29) is 30.7 Å². The maximum absolute atomic E-state index is 12.7. The van der Waals surface area contributed by atoms with Crippen LogP contribution in [0.15, 0.2) is 24.3 Å². The molecule has 0 aliphatic carbocycles. The van der Waals surface area contributed by atoms with Crippen LogP contribution in [0.3, 0.4) is 0 Å². The highest BCUT2D eigenvalue weighted by Gasteiger charge is 2.40. The van der Waals surface area contributed by atoms with Gasteiger partial charge in [-0.2, -0.15) is 4.31 Å². The van der Waals surface area contributed by atoms with Crippen LogP contribution in [0.25, 0.3) is 0 Å². The van der Waals surface area contributed by atoms with Crippen molar-refractivity contribution in [3.63, 3.8) is 0 Å². The fraction of sp³-hybridized carbons (Fsp3) is 0.562. The van der Waals surface area contributed by atoms with E-state index in [9.17, 15) is 13.2 Å². The summed E-state index contributed by atoms with van der Waals surface area (Å²) >= 11 is 0. The lowest BCUT2D eigenvalue weighted by Gasteiger charge is -2.31. The number of ether oxygens (including phenoxy) is 1. The average molecular weight is 340 g/mol. The molecule has 1 aliphatic heterocycles. The van der Waals surface area contributed by atoms with E-state index in [4.69, 9.17) is 4.74 Å². The molecule has 128 valence electrons. The smallest absolute Gasteiger partial charge is 0.243 e. The Morgan fingerprint density at radius 2 is 2.09 bits per heavy atom.